The maximum absolute atomic E-state index is 10.4. The predicted molar refractivity (Wildman–Crippen MR) is 38.7 cm³/mol. The second kappa shape index (κ2) is 3.46. The van der Waals surface area contributed by atoms with Crippen LogP contribution in [0.15, 0.2) is 0 Å². The van der Waals surface area contributed by atoms with Gasteiger partial charge in [0.05, 0.1) is 0 Å². The number of alkyl halides is 2. The van der Waals surface area contributed by atoms with E-state index < -0.39 is 0 Å². The van der Waals surface area contributed by atoms with Crippen LogP contribution in [0.4, 0.5) is 0 Å². The van der Waals surface area contributed by atoms with E-state index in [1.54, 1.807) is 0 Å². The molecule has 0 radical (unpaired) electrons. The first-order chi connectivity index (χ1) is 3.55. The molecule has 0 saturated heterocycles. The summed E-state index contributed by atoms with van der Waals surface area (Å²) in [6.45, 7) is 3.33. The molecule has 0 aromatic heterocycles. The van der Waals surface area contributed by atoms with Gasteiger partial charge in [0, 0.05) is 4.83 Å². The third-order valence-corrected chi connectivity index (χ3v) is 2.31. The number of hydrogen-bond donors (Lipinski definition) is 0. The van der Waals surface area contributed by atoms with Crippen molar-refractivity contribution in [3.63, 3.8) is 0 Å². The highest BCUT2D eigenvalue weighted by Gasteiger charge is 2.14. The fourth-order valence-electron chi connectivity index (χ4n) is 0.323. The van der Waals surface area contributed by atoms with E-state index in [4.69, 9.17) is 11.6 Å². The number of carbonyl (C=O) groups excluding carboxylic acids is 1. The summed E-state index contributed by atoms with van der Waals surface area (Å²) in [5.41, 5.74) is 0. The standard InChI is InChI=1S/C5H8BrClO/c1-3(6)5(7)4(2)8/h3,5H,1-2H3. The number of Topliss-reactive ketones (excluding diaryl/α,β-unsaturated/α-hetero) is 1. The molecule has 48 valence electrons. The lowest BCUT2D eigenvalue weighted by molar-refractivity contribution is -0.116. The van der Waals surface area contributed by atoms with Gasteiger partial charge >= 0.3 is 0 Å². The molecule has 8 heavy (non-hydrogen) atoms. The monoisotopic (exact) mass is 198 g/mol. The first-order valence-corrected chi connectivity index (χ1v) is 3.69. The Labute approximate surface area is 62.5 Å². The molecule has 0 bridgehead atoms. The zero-order chi connectivity index (χ0) is 6.73. The van der Waals surface area contributed by atoms with Crippen LogP contribution in [0.5, 0.6) is 0 Å². The second-order valence-electron chi connectivity index (χ2n) is 1.69. The van der Waals surface area contributed by atoms with Crippen molar-refractivity contribution in [3.8, 4) is 0 Å². The van der Waals surface area contributed by atoms with Gasteiger partial charge in [-0.05, 0) is 6.92 Å². The van der Waals surface area contributed by atoms with Gasteiger partial charge < -0.3 is 0 Å². The first-order valence-electron chi connectivity index (χ1n) is 2.34. The minimum atomic E-state index is -0.380. The van der Waals surface area contributed by atoms with E-state index in [2.05, 4.69) is 15.9 Å². The van der Waals surface area contributed by atoms with Gasteiger partial charge in [0.15, 0.2) is 0 Å². The third kappa shape index (κ3) is 2.68. The summed E-state index contributed by atoms with van der Waals surface area (Å²) in [5, 5.41) is -0.380. The summed E-state index contributed by atoms with van der Waals surface area (Å²) in [4.78, 5) is 10.5. The van der Waals surface area contributed by atoms with Crippen molar-refractivity contribution >= 4 is 33.3 Å². The van der Waals surface area contributed by atoms with Gasteiger partial charge in [-0.1, -0.05) is 22.9 Å². The van der Waals surface area contributed by atoms with Crippen LogP contribution in [0.1, 0.15) is 13.8 Å². The van der Waals surface area contributed by atoms with Crippen molar-refractivity contribution in [1.82, 2.24) is 0 Å². The minimum absolute atomic E-state index is 0.0102. The van der Waals surface area contributed by atoms with E-state index >= 15 is 0 Å². The number of carbonyl (C=O) groups is 1. The summed E-state index contributed by atoms with van der Waals surface area (Å²) in [5.74, 6) is 0.0102. The van der Waals surface area contributed by atoms with Crippen LogP contribution in [-0.2, 0) is 4.79 Å². The minimum Gasteiger partial charge on any atom is -0.298 e. The first kappa shape index (κ1) is 8.44. The van der Waals surface area contributed by atoms with Gasteiger partial charge in [0.25, 0.3) is 0 Å². The SMILES string of the molecule is CC(=O)C(Cl)C(C)Br. The van der Waals surface area contributed by atoms with Crippen LogP contribution in [0, 0.1) is 0 Å². The Morgan fingerprint density at radius 1 is 1.75 bits per heavy atom. The van der Waals surface area contributed by atoms with Gasteiger partial charge in [-0.25, -0.2) is 0 Å². The summed E-state index contributed by atoms with van der Waals surface area (Å²) in [7, 11) is 0. The fourth-order valence-corrected chi connectivity index (χ4v) is 0.696. The van der Waals surface area contributed by atoms with E-state index in [9.17, 15) is 4.79 Å². The van der Waals surface area contributed by atoms with Crippen molar-refractivity contribution in [1.29, 1.82) is 0 Å². The molecule has 0 N–H and O–H groups in total. The largest absolute Gasteiger partial charge is 0.298 e. The van der Waals surface area contributed by atoms with Gasteiger partial charge in [0.1, 0.15) is 11.2 Å². The summed E-state index contributed by atoms with van der Waals surface area (Å²) in [6.07, 6.45) is 0. The van der Waals surface area contributed by atoms with Gasteiger partial charge in [0.2, 0.25) is 0 Å². The zero-order valence-corrected chi connectivity index (χ0v) is 7.16. The summed E-state index contributed by atoms with van der Waals surface area (Å²) >= 11 is 8.74. The molecule has 0 heterocycles. The Morgan fingerprint density at radius 2 is 2.12 bits per heavy atom. The predicted octanol–water partition coefficient (Wildman–Crippen LogP) is 1.97. The van der Waals surface area contributed by atoms with Crippen molar-refractivity contribution < 1.29 is 4.79 Å². The van der Waals surface area contributed by atoms with Crippen LogP contribution in [0.3, 0.4) is 0 Å². The lowest BCUT2D eigenvalue weighted by Gasteiger charge is -2.05. The third-order valence-electron chi connectivity index (χ3n) is 0.792. The van der Waals surface area contributed by atoms with Crippen molar-refractivity contribution in [2.75, 3.05) is 0 Å². The van der Waals surface area contributed by atoms with Crippen molar-refractivity contribution in [3.05, 3.63) is 0 Å². The average Bonchev–Trinajstić information content (AvgIpc) is 1.64. The molecule has 0 aliphatic rings. The van der Waals surface area contributed by atoms with Crippen molar-refractivity contribution in [2.45, 2.75) is 24.1 Å². The van der Waals surface area contributed by atoms with Gasteiger partial charge in [-0.2, -0.15) is 0 Å². The Kier molecular flexibility index (Phi) is 3.65. The van der Waals surface area contributed by atoms with Crippen LogP contribution >= 0.6 is 27.5 Å². The molecular weight excluding hydrogens is 191 g/mol. The molecular formula is C5H8BrClO. The molecule has 2 atom stereocenters. The fraction of sp³-hybridized carbons (Fsp3) is 0.800. The zero-order valence-electron chi connectivity index (χ0n) is 4.82. The van der Waals surface area contributed by atoms with E-state index in [1.807, 2.05) is 6.92 Å². The van der Waals surface area contributed by atoms with Crippen LogP contribution in [-0.4, -0.2) is 16.0 Å². The van der Waals surface area contributed by atoms with E-state index in [0.717, 1.165) is 0 Å². The molecule has 0 aliphatic carbocycles. The van der Waals surface area contributed by atoms with Gasteiger partial charge in [-0.3, -0.25) is 4.79 Å². The highest BCUT2D eigenvalue weighted by atomic mass is 79.9. The Hall–Kier alpha value is 0.440. The quantitative estimate of drug-likeness (QED) is 0.622. The highest BCUT2D eigenvalue weighted by molar-refractivity contribution is 9.09. The summed E-state index contributed by atoms with van der Waals surface area (Å²) in [6, 6.07) is 0. The Morgan fingerprint density at radius 3 is 2.12 bits per heavy atom. The molecule has 0 aliphatic heterocycles. The Balaban J connectivity index is 3.64. The number of ketones is 1. The Bertz CT molecular complexity index is 92.4. The molecule has 0 fully saturated rings. The van der Waals surface area contributed by atoms with Crippen LogP contribution in [0.25, 0.3) is 0 Å². The maximum atomic E-state index is 10.4. The van der Waals surface area contributed by atoms with Crippen LogP contribution in [0.2, 0.25) is 0 Å². The molecule has 0 amide bonds. The second-order valence-corrected chi connectivity index (χ2v) is 3.60. The average molecular weight is 199 g/mol. The summed E-state index contributed by atoms with van der Waals surface area (Å²) < 4.78 is 0. The number of halogens is 2. The van der Waals surface area contributed by atoms with Crippen LogP contribution < -0.4 is 0 Å². The van der Waals surface area contributed by atoms with Crippen molar-refractivity contribution in [2.24, 2.45) is 0 Å². The van der Waals surface area contributed by atoms with E-state index in [0.29, 0.717) is 0 Å². The smallest absolute Gasteiger partial charge is 0.148 e. The maximum Gasteiger partial charge on any atom is 0.148 e. The number of hydrogen-bond acceptors (Lipinski definition) is 1. The van der Waals surface area contributed by atoms with E-state index in [1.165, 1.54) is 6.92 Å². The molecule has 0 rings (SSSR count). The van der Waals surface area contributed by atoms with E-state index in [-0.39, 0.29) is 16.0 Å². The molecule has 0 saturated carbocycles. The molecule has 2 unspecified atom stereocenters. The molecule has 0 aromatic carbocycles. The lowest BCUT2D eigenvalue weighted by Crippen LogP contribution is -2.18. The lowest BCUT2D eigenvalue weighted by atomic mass is 10.2. The van der Waals surface area contributed by atoms with Gasteiger partial charge in [-0.15, -0.1) is 11.6 Å². The molecule has 0 aromatic rings. The molecule has 1 nitrogen and oxygen atoms in total. The number of rotatable bonds is 2. The molecule has 0 spiro atoms. The topological polar surface area (TPSA) is 17.1 Å². The normalized spacial score (nSPS) is 17.5. The highest BCUT2D eigenvalue weighted by Crippen LogP contribution is 2.11. The molecule has 3 heteroatoms.